The number of rotatable bonds is 8. The minimum atomic E-state index is -0.195. The minimum Gasteiger partial charge on any atom is -0.497 e. The Morgan fingerprint density at radius 1 is 0.861 bits per heavy atom. The second kappa shape index (κ2) is 11.7. The lowest BCUT2D eigenvalue weighted by atomic mass is 10.1. The van der Waals surface area contributed by atoms with Crippen LogP contribution in [-0.4, -0.2) is 26.0 Å². The highest BCUT2D eigenvalue weighted by Gasteiger charge is 2.18. The molecule has 0 saturated carbocycles. The molecular formula is C29H25IN2O4. The van der Waals surface area contributed by atoms with Crippen LogP contribution < -0.4 is 19.7 Å². The Morgan fingerprint density at radius 3 is 2.22 bits per heavy atom. The first-order chi connectivity index (χ1) is 17.5. The summed E-state index contributed by atoms with van der Waals surface area (Å²) in [5.41, 5.74) is 3.36. The summed E-state index contributed by atoms with van der Waals surface area (Å²) in [7, 11) is 3.34. The summed E-state index contributed by atoms with van der Waals surface area (Å²) in [5, 5.41) is 2.88. The highest BCUT2D eigenvalue weighted by molar-refractivity contribution is 14.1. The van der Waals surface area contributed by atoms with E-state index in [1.165, 1.54) is 0 Å². The van der Waals surface area contributed by atoms with Crippen molar-refractivity contribution in [3.63, 3.8) is 0 Å². The molecule has 0 saturated heterocycles. The molecule has 4 aromatic rings. The van der Waals surface area contributed by atoms with E-state index in [2.05, 4.69) is 27.9 Å². The number of methoxy groups -OCH3 is 1. The highest BCUT2D eigenvalue weighted by Crippen LogP contribution is 2.29. The van der Waals surface area contributed by atoms with Gasteiger partial charge in [0.05, 0.1) is 18.4 Å². The number of benzene rings is 4. The normalized spacial score (nSPS) is 10.4. The molecule has 4 aromatic carbocycles. The summed E-state index contributed by atoms with van der Waals surface area (Å²) < 4.78 is 12.1. The molecule has 0 radical (unpaired) electrons. The van der Waals surface area contributed by atoms with Crippen LogP contribution in [0.3, 0.4) is 0 Å². The number of hydrogen-bond donors (Lipinski definition) is 1. The van der Waals surface area contributed by atoms with Crippen molar-refractivity contribution in [3.05, 3.63) is 117 Å². The Kier molecular flexibility index (Phi) is 8.22. The molecule has 4 rings (SSSR count). The third kappa shape index (κ3) is 6.04. The van der Waals surface area contributed by atoms with Crippen LogP contribution in [0.5, 0.6) is 11.5 Å². The smallest absolute Gasteiger partial charge is 0.258 e. The lowest BCUT2D eigenvalue weighted by Crippen LogP contribution is -2.26. The second-order valence-corrected chi connectivity index (χ2v) is 9.14. The Labute approximate surface area is 224 Å². The second-order valence-electron chi connectivity index (χ2n) is 7.98. The van der Waals surface area contributed by atoms with Crippen molar-refractivity contribution < 1.29 is 19.1 Å². The number of halogens is 1. The highest BCUT2D eigenvalue weighted by atomic mass is 127. The predicted molar refractivity (Wildman–Crippen MR) is 150 cm³/mol. The van der Waals surface area contributed by atoms with Gasteiger partial charge in [-0.25, -0.2) is 0 Å². The molecule has 0 fully saturated rings. The number of anilines is 2. The molecule has 0 aliphatic carbocycles. The molecule has 0 heterocycles. The Morgan fingerprint density at radius 2 is 1.53 bits per heavy atom. The summed E-state index contributed by atoms with van der Waals surface area (Å²) in [6.07, 6.45) is 0. The van der Waals surface area contributed by atoms with Crippen LogP contribution >= 0.6 is 22.6 Å². The van der Waals surface area contributed by atoms with Gasteiger partial charge in [-0.05, 0) is 88.8 Å². The largest absolute Gasteiger partial charge is 0.497 e. The van der Waals surface area contributed by atoms with Crippen molar-refractivity contribution in [1.29, 1.82) is 0 Å². The molecule has 0 spiro atoms. The van der Waals surface area contributed by atoms with Crippen LogP contribution in [0.2, 0.25) is 0 Å². The summed E-state index contributed by atoms with van der Waals surface area (Å²) in [6, 6.07) is 29.3. The SMILES string of the molecule is COc1ccc(COc2ccccc2N(C)C(=O)c2ccc(NC(=O)c3ccccc3I)cc2)cc1. The van der Waals surface area contributed by atoms with E-state index in [1.807, 2.05) is 66.7 Å². The zero-order valence-electron chi connectivity index (χ0n) is 19.9. The first kappa shape index (κ1) is 25.2. The monoisotopic (exact) mass is 592 g/mol. The van der Waals surface area contributed by atoms with E-state index < -0.39 is 0 Å². The molecule has 0 bridgehead atoms. The third-order valence-corrected chi connectivity index (χ3v) is 6.53. The van der Waals surface area contributed by atoms with Crippen LogP contribution in [-0.2, 0) is 6.61 Å². The van der Waals surface area contributed by atoms with E-state index >= 15 is 0 Å². The van der Waals surface area contributed by atoms with E-state index in [4.69, 9.17) is 9.47 Å². The summed E-state index contributed by atoms with van der Waals surface area (Å²) >= 11 is 2.13. The van der Waals surface area contributed by atoms with Gasteiger partial charge in [0.15, 0.2) is 0 Å². The van der Waals surface area contributed by atoms with Crippen molar-refractivity contribution in [2.75, 3.05) is 24.4 Å². The lowest BCUT2D eigenvalue weighted by Gasteiger charge is -2.21. The first-order valence-corrected chi connectivity index (χ1v) is 12.3. The van der Waals surface area contributed by atoms with Crippen molar-refractivity contribution in [2.45, 2.75) is 6.61 Å². The molecule has 0 aromatic heterocycles. The quantitative estimate of drug-likeness (QED) is 0.240. The van der Waals surface area contributed by atoms with Gasteiger partial charge in [0, 0.05) is 21.9 Å². The standard InChI is InChI=1S/C29H25IN2O4/c1-32(26-9-5-6-10-27(26)36-19-20-11-17-23(35-2)18-12-20)29(34)21-13-15-22(16-14-21)31-28(33)24-7-3-4-8-25(24)30/h3-18H,19H2,1-2H3,(H,31,33). The molecule has 0 aliphatic rings. The fraction of sp³-hybridized carbons (Fsp3) is 0.103. The summed E-state index contributed by atoms with van der Waals surface area (Å²) in [5.74, 6) is 1.00. The first-order valence-electron chi connectivity index (χ1n) is 11.2. The van der Waals surface area contributed by atoms with Crippen molar-refractivity contribution in [2.24, 2.45) is 0 Å². The number of nitrogens with zero attached hydrogens (tertiary/aromatic N) is 1. The maximum absolute atomic E-state index is 13.2. The van der Waals surface area contributed by atoms with Gasteiger partial charge in [-0.15, -0.1) is 0 Å². The zero-order chi connectivity index (χ0) is 25.5. The Balaban J connectivity index is 1.43. The Bertz CT molecular complexity index is 1350. The molecule has 0 atom stereocenters. The van der Waals surface area contributed by atoms with Crippen LogP contribution in [0.25, 0.3) is 0 Å². The van der Waals surface area contributed by atoms with Crippen LogP contribution in [0.1, 0.15) is 26.3 Å². The number of carbonyl (C=O) groups excluding carboxylic acids is 2. The molecule has 7 heteroatoms. The van der Waals surface area contributed by atoms with Gasteiger partial charge in [0.25, 0.3) is 11.8 Å². The van der Waals surface area contributed by atoms with E-state index in [1.54, 1.807) is 49.4 Å². The molecule has 2 amide bonds. The van der Waals surface area contributed by atoms with Crippen LogP contribution in [0.15, 0.2) is 97.1 Å². The van der Waals surface area contributed by atoms with Gasteiger partial charge in [-0.3, -0.25) is 9.59 Å². The molecule has 0 aliphatic heterocycles. The lowest BCUT2D eigenvalue weighted by molar-refractivity contribution is 0.0990. The molecule has 6 nitrogen and oxygen atoms in total. The predicted octanol–water partition coefficient (Wildman–Crippen LogP) is 6.41. The van der Waals surface area contributed by atoms with Gasteiger partial charge < -0.3 is 19.7 Å². The third-order valence-electron chi connectivity index (χ3n) is 5.59. The number of nitrogens with one attached hydrogen (secondary N) is 1. The maximum Gasteiger partial charge on any atom is 0.258 e. The maximum atomic E-state index is 13.2. The van der Waals surface area contributed by atoms with E-state index in [0.29, 0.717) is 34.9 Å². The van der Waals surface area contributed by atoms with E-state index in [9.17, 15) is 9.59 Å². The fourth-order valence-electron chi connectivity index (χ4n) is 3.58. The summed E-state index contributed by atoms with van der Waals surface area (Å²) in [4.78, 5) is 27.3. The number of carbonyl (C=O) groups is 2. The number of ether oxygens (including phenoxy) is 2. The fourth-order valence-corrected chi connectivity index (χ4v) is 4.21. The number of amides is 2. The Hall–Kier alpha value is -3.85. The summed E-state index contributed by atoms with van der Waals surface area (Å²) in [6.45, 7) is 0.359. The average molecular weight is 592 g/mol. The number of hydrogen-bond acceptors (Lipinski definition) is 4. The molecular weight excluding hydrogens is 567 g/mol. The molecule has 182 valence electrons. The van der Waals surface area contributed by atoms with Crippen LogP contribution in [0.4, 0.5) is 11.4 Å². The number of para-hydroxylation sites is 2. The van der Waals surface area contributed by atoms with E-state index in [-0.39, 0.29) is 11.8 Å². The topological polar surface area (TPSA) is 67.9 Å². The van der Waals surface area contributed by atoms with Gasteiger partial charge >= 0.3 is 0 Å². The van der Waals surface area contributed by atoms with Gasteiger partial charge in [-0.1, -0.05) is 36.4 Å². The van der Waals surface area contributed by atoms with Crippen molar-refractivity contribution >= 4 is 45.8 Å². The van der Waals surface area contributed by atoms with Gasteiger partial charge in [0.1, 0.15) is 18.1 Å². The molecule has 36 heavy (non-hydrogen) atoms. The van der Waals surface area contributed by atoms with E-state index in [0.717, 1.165) is 14.9 Å². The van der Waals surface area contributed by atoms with Crippen molar-refractivity contribution in [1.82, 2.24) is 0 Å². The zero-order valence-corrected chi connectivity index (χ0v) is 22.1. The van der Waals surface area contributed by atoms with Gasteiger partial charge in [-0.2, -0.15) is 0 Å². The van der Waals surface area contributed by atoms with Crippen molar-refractivity contribution in [3.8, 4) is 11.5 Å². The van der Waals surface area contributed by atoms with Gasteiger partial charge in [0.2, 0.25) is 0 Å². The van der Waals surface area contributed by atoms with Crippen LogP contribution in [0, 0.1) is 3.57 Å². The average Bonchev–Trinajstić information content (AvgIpc) is 2.92. The molecule has 0 unspecified atom stereocenters. The minimum absolute atomic E-state index is 0.189. The molecule has 1 N–H and O–H groups in total.